The summed E-state index contributed by atoms with van der Waals surface area (Å²) < 4.78 is 6.74. The molecule has 150 valence electrons. The zero-order valence-corrected chi connectivity index (χ0v) is 17.1. The lowest BCUT2D eigenvalue weighted by Gasteiger charge is -2.11. The summed E-state index contributed by atoms with van der Waals surface area (Å²) in [6.45, 7) is 1.83. The normalized spacial score (nSPS) is 13.4. The van der Waals surface area contributed by atoms with Crippen LogP contribution < -0.4 is 5.32 Å². The second kappa shape index (κ2) is 7.46. The number of aryl methyl sites for hydroxylation is 1. The average Bonchev–Trinajstić information content (AvgIpc) is 3.46. The number of benzene rings is 2. The van der Waals surface area contributed by atoms with Gasteiger partial charge in [0.25, 0.3) is 0 Å². The number of carbonyl (C=O) groups excluding carboxylic acids is 1. The van der Waals surface area contributed by atoms with E-state index < -0.39 is 0 Å². The first kappa shape index (κ1) is 18.6. The molecule has 2 aromatic carbocycles. The summed E-state index contributed by atoms with van der Waals surface area (Å²) in [5, 5.41) is 12.4. The number of aromatic nitrogens is 3. The van der Waals surface area contributed by atoms with Crippen molar-refractivity contribution in [3.63, 3.8) is 0 Å². The van der Waals surface area contributed by atoms with Gasteiger partial charge in [-0.1, -0.05) is 53.2 Å². The zero-order chi connectivity index (χ0) is 20.7. The second-order valence-electron chi connectivity index (χ2n) is 7.44. The molecule has 30 heavy (non-hydrogen) atoms. The summed E-state index contributed by atoms with van der Waals surface area (Å²) >= 11 is 5.99. The Labute approximate surface area is 178 Å². The van der Waals surface area contributed by atoms with Gasteiger partial charge in [0.1, 0.15) is 11.5 Å². The fourth-order valence-corrected chi connectivity index (χ4v) is 4.08. The van der Waals surface area contributed by atoms with E-state index in [1.54, 1.807) is 24.4 Å². The number of amides is 1. The van der Waals surface area contributed by atoms with Crippen LogP contribution in [0.3, 0.4) is 0 Å². The van der Waals surface area contributed by atoms with Gasteiger partial charge in [-0.3, -0.25) is 0 Å². The Bertz CT molecular complexity index is 1200. The molecule has 1 aliphatic rings. The van der Waals surface area contributed by atoms with E-state index in [4.69, 9.17) is 16.1 Å². The fourth-order valence-electron chi connectivity index (χ4n) is 3.95. The van der Waals surface area contributed by atoms with E-state index in [9.17, 15) is 4.79 Å². The first-order chi connectivity index (χ1) is 14.6. The summed E-state index contributed by atoms with van der Waals surface area (Å²) in [5.74, 6) is 0.636. The Morgan fingerprint density at radius 1 is 1.10 bits per heavy atom. The predicted molar refractivity (Wildman–Crippen MR) is 114 cm³/mol. The van der Waals surface area contributed by atoms with Crippen LogP contribution in [-0.2, 0) is 12.8 Å². The summed E-state index contributed by atoms with van der Waals surface area (Å²) in [5.41, 5.74) is 5.50. The van der Waals surface area contributed by atoms with E-state index in [1.807, 2.05) is 31.2 Å². The molecule has 7 heteroatoms. The molecule has 0 radical (unpaired) electrons. The number of hydrogen-bond donors (Lipinski definition) is 1. The Balaban J connectivity index is 1.37. The lowest BCUT2D eigenvalue weighted by molar-refractivity contribution is 0.236. The molecule has 1 amide bonds. The molecule has 0 unspecified atom stereocenters. The van der Waals surface area contributed by atoms with Crippen molar-refractivity contribution >= 4 is 17.6 Å². The molecule has 4 aromatic rings. The van der Waals surface area contributed by atoms with Crippen LogP contribution in [0.2, 0.25) is 5.02 Å². The third kappa shape index (κ3) is 3.39. The van der Waals surface area contributed by atoms with Crippen molar-refractivity contribution in [2.45, 2.75) is 25.8 Å². The summed E-state index contributed by atoms with van der Waals surface area (Å²) in [7, 11) is 0. The lowest BCUT2D eigenvalue weighted by atomic mass is 10.0. The van der Waals surface area contributed by atoms with Gasteiger partial charge in [0, 0.05) is 22.8 Å². The molecule has 0 saturated heterocycles. The van der Waals surface area contributed by atoms with E-state index in [2.05, 4.69) is 27.7 Å². The minimum absolute atomic E-state index is 0.0736. The van der Waals surface area contributed by atoms with Crippen LogP contribution >= 0.6 is 11.6 Å². The summed E-state index contributed by atoms with van der Waals surface area (Å²) in [6, 6.07) is 17.3. The topological polar surface area (TPSA) is 73.0 Å². The van der Waals surface area contributed by atoms with E-state index in [0.29, 0.717) is 22.2 Å². The van der Waals surface area contributed by atoms with Gasteiger partial charge in [0.15, 0.2) is 0 Å². The minimum atomic E-state index is -0.249. The quantitative estimate of drug-likeness (QED) is 0.514. The van der Waals surface area contributed by atoms with Crippen molar-refractivity contribution in [3.8, 4) is 22.5 Å². The number of fused-ring (bicyclic) bond motifs is 1. The smallest absolute Gasteiger partial charge is 0.342 e. The molecular formula is C23H19ClN4O2. The molecule has 6 nitrogen and oxygen atoms in total. The third-order valence-electron chi connectivity index (χ3n) is 5.41. The highest BCUT2D eigenvalue weighted by molar-refractivity contribution is 6.30. The predicted octanol–water partition coefficient (Wildman–Crippen LogP) is 4.89. The highest BCUT2D eigenvalue weighted by Gasteiger charge is 2.24. The van der Waals surface area contributed by atoms with Crippen molar-refractivity contribution in [3.05, 3.63) is 82.7 Å². The summed E-state index contributed by atoms with van der Waals surface area (Å²) in [4.78, 5) is 12.7. The average molecular weight is 419 g/mol. The molecule has 0 bridgehead atoms. The highest BCUT2D eigenvalue weighted by Crippen LogP contribution is 2.33. The monoisotopic (exact) mass is 418 g/mol. The molecule has 2 aromatic heterocycles. The van der Waals surface area contributed by atoms with E-state index in [1.165, 1.54) is 15.8 Å². The van der Waals surface area contributed by atoms with Gasteiger partial charge >= 0.3 is 6.03 Å². The maximum atomic E-state index is 12.7. The Hall–Kier alpha value is -3.38. The molecule has 0 spiro atoms. The zero-order valence-electron chi connectivity index (χ0n) is 16.3. The molecule has 1 N–H and O–H groups in total. The van der Waals surface area contributed by atoms with Gasteiger partial charge in [0.2, 0.25) is 0 Å². The first-order valence-electron chi connectivity index (χ1n) is 9.74. The number of nitrogens with zero attached hydrogens (tertiary/aromatic N) is 3. The van der Waals surface area contributed by atoms with Crippen LogP contribution in [-0.4, -0.2) is 27.0 Å². The van der Waals surface area contributed by atoms with Gasteiger partial charge in [0.05, 0.1) is 11.3 Å². The Kier molecular flexibility index (Phi) is 4.64. The van der Waals surface area contributed by atoms with E-state index in [-0.39, 0.29) is 12.1 Å². The van der Waals surface area contributed by atoms with Crippen LogP contribution in [0.25, 0.3) is 22.5 Å². The molecule has 1 aliphatic carbocycles. The maximum Gasteiger partial charge on any atom is 0.342 e. The van der Waals surface area contributed by atoms with Crippen LogP contribution in [0.1, 0.15) is 16.9 Å². The van der Waals surface area contributed by atoms with Gasteiger partial charge in [-0.15, -0.1) is 0 Å². The largest absolute Gasteiger partial charge is 0.360 e. The minimum Gasteiger partial charge on any atom is -0.360 e. The van der Waals surface area contributed by atoms with Crippen LogP contribution in [0.4, 0.5) is 4.79 Å². The standard InChI is InChI=1S/C23H19ClN4O2/c1-14-21(22(27-30-14)15-6-8-18(24)9-7-15)20-10-11-28(26-20)23(29)25-19-12-16-4-2-3-5-17(16)13-19/h2-11,19H,12-13H2,1H3,(H,25,29). The van der Waals surface area contributed by atoms with Crippen LogP contribution in [0, 0.1) is 6.92 Å². The molecule has 2 heterocycles. The number of nitrogens with one attached hydrogen (secondary N) is 1. The van der Waals surface area contributed by atoms with E-state index >= 15 is 0 Å². The highest BCUT2D eigenvalue weighted by atomic mass is 35.5. The van der Waals surface area contributed by atoms with Crippen molar-refractivity contribution in [2.75, 3.05) is 0 Å². The number of rotatable bonds is 3. The van der Waals surface area contributed by atoms with Crippen molar-refractivity contribution in [1.29, 1.82) is 0 Å². The molecule has 5 rings (SSSR count). The first-order valence-corrected chi connectivity index (χ1v) is 10.1. The molecule has 0 atom stereocenters. The van der Waals surface area contributed by atoms with Crippen molar-refractivity contribution < 1.29 is 9.32 Å². The van der Waals surface area contributed by atoms with Gasteiger partial charge in [-0.25, -0.2) is 4.79 Å². The number of carbonyl (C=O) groups is 1. The Morgan fingerprint density at radius 3 is 2.50 bits per heavy atom. The lowest BCUT2D eigenvalue weighted by Crippen LogP contribution is -2.38. The van der Waals surface area contributed by atoms with Gasteiger partial charge in [-0.05, 0) is 49.1 Å². The SMILES string of the molecule is Cc1onc(-c2ccc(Cl)cc2)c1-c1ccn(C(=O)NC2Cc3ccccc3C2)n1. The van der Waals surface area contributed by atoms with Crippen molar-refractivity contribution in [2.24, 2.45) is 0 Å². The maximum absolute atomic E-state index is 12.7. The number of halogens is 1. The molecular weight excluding hydrogens is 400 g/mol. The fraction of sp³-hybridized carbons (Fsp3) is 0.174. The molecule has 0 saturated carbocycles. The molecule has 0 aliphatic heterocycles. The van der Waals surface area contributed by atoms with Gasteiger partial charge < -0.3 is 9.84 Å². The second-order valence-corrected chi connectivity index (χ2v) is 7.87. The van der Waals surface area contributed by atoms with Crippen LogP contribution in [0.5, 0.6) is 0 Å². The third-order valence-corrected chi connectivity index (χ3v) is 5.66. The van der Waals surface area contributed by atoms with E-state index in [0.717, 1.165) is 24.0 Å². The van der Waals surface area contributed by atoms with Gasteiger partial charge in [-0.2, -0.15) is 9.78 Å². The van der Waals surface area contributed by atoms with Crippen LogP contribution in [0.15, 0.2) is 65.3 Å². The summed E-state index contributed by atoms with van der Waals surface area (Å²) in [6.07, 6.45) is 3.33. The Morgan fingerprint density at radius 2 is 1.80 bits per heavy atom. The van der Waals surface area contributed by atoms with Crippen molar-refractivity contribution in [1.82, 2.24) is 20.3 Å². The number of hydrogen-bond acceptors (Lipinski definition) is 4. The molecule has 0 fully saturated rings.